The Bertz CT molecular complexity index is 394. The monoisotopic (exact) mass is 414 g/mol. The van der Waals surface area contributed by atoms with Crippen molar-refractivity contribution in [3.05, 3.63) is 11.8 Å². The van der Waals surface area contributed by atoms with Gasteiger partial charge in [0, 0.05) is 13.2 Å². The van der Waals surface area contributed by atoms with Crippen molar-refractivity contribution in [3.63, 3.8) is 0 Å². The van der Waals surface area contributed by atoms with Gasteiger partial charge in [0.25, 0.3) is 0 Å². The molecular weight excluding hydrogens is 371 g/mol. The summed E-state index contributed by atoms with van der Waals surface area (Å²) in [6.45, 7) is 14.0. The lowest BCUT2D eigenvalue weighted by Gasteiger charge is -2.21. The summed E-state index contributed by atoms with van der Waals surface area (Å²) in [6, 6.07) is 0. The van der Waals surface area contributed by atoms with E-state index < -0.39 is 21.1 Å². The van der Waals surface area contributed by atoms with E-state index in [2.05, 4.69) is 27.7 Å². The molecule has 6 heteroatoms. The van der Waals surface area contributed by atoms with E-state index in [1.54, 1.807) is 13.8 Å². The third-order valence-corrected chi connectivity index (χ3v) is 6.41. The Labute approximate surface area is 178 Å². The highest BCUT2D eigenvalue weighted by Crippen LogP contribution is 2.17. The van der Waals surface area contributed by atoms with Crippen LogP contribution in [0.3, 0.4) is 0 Å². The van der Waals surface area contributed by atoms with Gasteiger partial charge >= 0.3 is 21.1 Å². The fourth-order valence-corrected chi connectivity index (χ4v) is 4.34. The number of ether oxygens (including phenoxy) is 1. The molecule has 0 radical (unpaired) electrons. The lowest BCUT2D eigenvalue weighted by molar-refractivity contribution is -0.137. The maximum atomic E-state index is 11.7. The number of hydrogen-bond acceptors (Lipinski definition) is 5. The predicted octanol–water partition coefficient (Wildman–Crippen LogP) is 5.92. The lowest BCUT2D eigenvalue weighted by Crippen LogP contribution is -2.31. The van der Waals surface area contributed by atoms with Crippen molar-refractivity contribution >= 4 is 21.1 Å². The average Bonchev–Trinajstić information content (AvgIpc) is 2.67. The lowest BCUT2D eigenvalue weighted by atomic mass is 10.0. The van der Waals surface area contributed by atoms with Crippen molar-refractivity contribution in [3.8, 4) is 0 Å². The highest BCUT2D eigenvalue weighted by atomic mass is 27.3. The van der Waals surface area contributed by atoms with Crippen LogP contribution in [0.25, 0.3) is 0 Å². The van der Waals surface area contributed by atoms with Gasteiger partial charge in [-0.2, -0.15) is 0 Å². The van der Waals surface area contributed by atoms with Crippen LogP contribution >= 0.6 is 0 Å². The third-order valence-electron chi connectivity index (χ3n) is 4.91. The first-order valence-electron chi connectivity index (χ1n) is 11.2. The number of allylic oxidation sites excluding steroid dienone is 1. The maximum Gasteiger partial charge on any atom is 1.00 e. The van der Waals surface area contributed by atoms with E-state index in [9.17, 15) is 4.79 Å². The van der Waals surface area contributed by atoms with Crippen LogP contribution < -0.4 is 0 Å². The minimum Gasteiger partial charge on any atom is -0.602 e. The van der Waals surface area contributed by atoms with Crippen molar-refractivity contribution in [2.45, 2.75) is 92.9 Å². The topological polar surface area (TPSA) is 54.0 Å². The number of carbonyl (C=O) groups excluding carboxylic acids is 1. The molecule has 0 saturated heterocycles. The smallest absolute Gasteiger partial charge is 0.602 e. The van der Waals surface area contributed by atoms with Gasteiger partial charge in [-0.05, 0) is 38.5 Å². The Morgan fingerprint density at radius 2 is 1.39 bits per heavy atom. The van der Waals surface area contributed by atoms with Crippen LogP contribution in [0.4, 0.5) is 0 Å². The molecule has 5 nitrogen and oxygen atoms in total. The predicted molar refractivity (Wildman–Crippen MR) is 116 cm³/mol. The number of rotatable bonds is 18. The van der Waals surface area contributed by atoms with E-state index in [0.29, 0.717) is 37.4 Å². The molecule has 2 atom stereocenters. The highest BCUT2D eigenvalue weighted by molar-refractivity contribution is 6.36. The molecular formula is C22H43AlO5. The van der Waals surface area contributed by atoms with Crippen molar-refractivity contribution in [1.82, 2.24) is 0 Å². The first-order valence-corrected chi connectivity index (χ1v) is 12.7. The number of esters is 1. The Morgan fingerprint density at radius 3 is 1.79 bits per heavy atom. The Morgan fingerprint density at radius 1 is 0.893 bits per heavy atom. The molecule has 0 aliphatic rings. The average molecular weight is 415 g/mol. The second-order valence-corrected chi connectivity index (χ2v) is 8.89. The molecule has 0 fully saturated rings. The third kappa shape index (κ3) is 14.5. The molecule has 0 N–H and O–H groups in total. The van der Waals surface area contributed by atoms with Gasteiger partial charge in [0.05, 0.1) is 18.4 Å². The zero-order chi connectivity index (χ0) is 21.2. The van der Waals surface area contributed by atoms with Gasteiger partial charge < -0.3 is 16.1 Å². The molecule has 0 spiro atoms. The normalized spacial score (nSPS) is 13.9. The van der Waals surface area contributed by atoms with Crippen LogP contribution in [-0.2, 0) is 20.9 Å². The molecule has 0 aromatic rings. The molecule has 0 saturated carbocycles. The van der Waals surface area contributed by atoms with Crippen LogP contribution in [0.1, 0.15) is 92.9 Å². The van der Waals surface area contributed by atoms with Crippen molar-refractivity contribution < 1.29 is 20.9 Å². The second kappa shape index (κ2) is 18.5. The molecule has 2 unspecified atom stereocenters. The Kier molecular flexibility index (Phi) is 18.1. The number of unbranched alkanes of at least 4 members (excludes halogenated alkanes) is 2. The number of hydrogen-bond donors (Lipinski definition) is 0. The van der Waals surface area contributed by atoms with Gasteiger partial charge in [-0.15, -0.1) is 0 Å². The van der Waals surface area contributed by atoms with Crippen LogP contribution in [0, 0.1) is 11.8 Å². The molecule has 28 heavy (non-hydrogen) atoms. The maximum absolute atomic E-state index is 11.7. The summed E-state index contributed by atoms with van der Waals surface area (Å²) >= 11 is -2.35. The zero-order valence-corrected chi connectivity index (χ0v) is 20.3. The van der Waals surface area contributed by atoms with E-state index >= 15 is 0 Å². The van der Waals surface area contributed by atoms with Crippen molar-refractivity contribution in [1.29, 1.82) is 0 Å². The molecule has 0 amide bonds. The van der Waals surface area contributed by atoms with Gasteiger partial charge in [-0.1, -0.05) is 66.2 Å². The summed E-state index contributed by atoms with van der Waals surface area (Å²) in [5.74, 6) is 1.16. The summed E-state index contributed by atoms with van der Waals surface area (Å²) in [6.07, 6.45) is 10.7. The highest BCUT2D eigenvalue weighted by Gasteiger charge is 2.36. The van der Waals surface area contributed by atoms with Crippen LogP contribution in [-0.4, -0.2) is 40.9 Å². The minimum atomic E-state index is -2.35. The van der Waals surface area contributed by atoms with Crippen LogP contribution in [0.5, 0.6) is 0 Å². The number of carbonyl (C=O) groups is 1. The molecule has 0 aromatic heterocycles. The van der Waals surface area contributed by atoms with Crippen LogP contribution in [0.2, 0.25) is 0 Å². The summed E-state index contributed by atoms with van der Waals surface area (Å²) in [4.78, 5) is 11.7. The second-order valence-electron chi connectivity index (χ2n) is 7.41. The molecule has 164 valence electrons. The molecule has 0 aromatic carbocycles. The summed E-state index contributed by atoms with van der Waals surface area (Å²) in [5.41, 5.74) is 0. The van der Waals surface area contributed by atoms with Gasteiger partial charge in [0.15, 0.2) is 0 Å². The fourth-order valence-electron chi connectivity index (χ4n) is 2.88. The molecule has 0 aliphatic heterocycles. The first-order chi connectivity index (χ1) is 13.5. The zero-order valence-electron chi connectivity index (χ0n) is 19.1. The van der Waals surface area contributed by atoms with Crippen LogP contribution in [0.15, 0.2) is 11.8 Å². The van der Waals surface area contributed by atoms with E-state index in [0.717, 1.165) is 12.8 Å². The summed E-state index contributed by atoms with van der Waals surface area (Å²) in [5, 5.41) is 0. The van der Waals surface area contributed by atoms with E-state index in [-0.39, 0.29) is 0 Å². The quantitative estimate of drug-likeness (QED) is 0.121. The molecule has 0 heterocycles. The molecule has 0 rings (SSSR count). The van der Waals surface area contributed by atoms with E-state index in [4.69, 9.17) is 16.1 Å². The van der Waals surface area contributed by atoms with Gasteiger partial charge in [-0.3, -0.25) is 0 Å². The fraction of sp³-hybridized carbons (Fsp3) is 0.864. The SMILES string of the molecule is CCCCC(CC)C[O][Al]([O]CC(CC)CCCC)[O]/C(C)=C\C(=O)OCC. The van der Waals surface area contributed by atoms with Gasteiger partial charge in [-0.25, -0.2) is 4.79 Å². The summed E-state index contributed by atoms with van der Waals surface area (Å²) < 4.78 is 23.1. The van der Waals surface area contributed by atoms with Crippen molar-refractivity contribution in [2.24, 2.45) is 11.8 Å². The van der Waals surface area contributed by atoms with E-state index in [1.807, 2.05) is 0 Å². The molecule has 0 bridgehead atoms. The van der Waals surface area contributed by atoms with E-state index in [1.165, 1.54) is 44.6 Å². The first kappa shape index (κ1) is 27.5. The summed E-state index contributed by atoms with van der Waals surface area (Å²) in [7, 11) is 0. The standard InChI is InChI=1S/2C8H17O.C6H10O3.Al/c2*1-3-5-6-8(4-2)7-9;1-3-9-6(8)4-5(2)7;/h2*8H,3-7H2,1-2H3;4,7H,3H2,1-2H3;/q2*-1;;+3/p-1/b;;5-4-;. The minimum absolute atomic E-state index is 0.349. The van der Waals surface area contributed by atoms with Gasteiger partial charge in [0.1, 0.15) is 0 Å². The van der Waals surface area contributed by atoms with Crippen molar-refractivity contribution in [2.75, 3.05) is 19.8 Å². The molecule has 0 aliphatic carbocycles. The van der Waals surface area contributed by atoms with Gasteiger partial charge in [0.2, 0.25) is 0 Å². The Hall–Kier alpha value is -0.538. The largest absolute Gasteiger partial charge is 1.00 e. The Balaban J connectivity index is 4.81.